The average Bonchev–Trinajstić information content (AvgIpc) is 2.89. The Hall–Kier alpha value is 2.92. The smallest absolute Gasteiger partial charge is 0.280 e. The van der Waals surface area contributed by atoms with E-state index >= 15 is 0 Å². The number of nitrogens with one attached hydrogen (secondary N) is 1. The Morgan fingerprint density at radius 1 is 0.730 bits per heavy atom. The molecular weight excluding hydrogens is 727 g/mol. The Balaban J connectivity index is 3.31. The Morgan fingerprint density at radius 2 is 1.24 bits per heavy atom. The fourth-order valence-corrected chi connectivity index (χ4v) is 14.7. The minimum Gasteiger partial charge on any atom is -0.386 e. The number of aliphatic hydroxyl groups is 1. The highest BCUT2D eigenvalue weighted by Gasteiger charge is 2.02. The second kappa shape index (κ2) is 33.4. The van der Waals surface area contributed by atoms with Gasteiger partial charge in [0.1, 0.15) is 0 Å². The van der Waals surface area contributed by atoms with Gasteiger partial charge in [-0.2, -0.15) is 0 Å². The molecule has 0 rings (SSSR count). The summed E-state index contributed by atoms with van der Waals surface area (Å²) in [5, 5.41) is 19.1. The monoisotopic (exact) mass is 759 g/mol. The van der Waals surface area contributed by atoms with E-state index < -0.39 is 21.6 Å². The minimum absolute atomic E-state index is 0.0195. The molecule has 2 atom stereocenters. The Morgan fingerprint density at radius 3 is 1.86 bits per heavy atom. The quantitative estimate of drug-likeness (QED) is 0.0418. The van der Waals surface area contributed by atoms with E-state index in [1.54, 1.807) is 64.4 Å². The average molecular weight is 760 g/mol. The second-order valence-electron chi connectivity index (χ2n) is 5.66. The molecule has 0 aromatic carbocycles. The summed E-state index contributed by atoms with van der Waals surface area (Å²) < 4.78 is 23.1. The molecule has 0 fully saturated rings. The van der Waals surface area contributed by atoms with Gasteiger partial charge in [-0.25, -0.2) is 0 Å². The first-order chi connectivity index (χ1) is 18.1. The number of carbonyl (C=O) groups is 1. The van der Waals surface area contributed by atoms with Crippen LogP contribution in [-0.2, 0) is 21.6 Å². The summed E-state index contributed by atoms with van der Waals surface area (Å²) in [7, 11) is -2.08. The van der Waals surface area contributed by atoms with Crippen LogP contribution in [0.25, 0.3) is 0 Å². The molecule has 0 aromatic rings. The van der Waals surface area contributed by atoms with Crippen LogP contribution in [0.4, 0.5) is 4.79 Å². The van der Waals surface area contributed by atoms with Gasteiger partial charge in [0.25, 0.3) is 5.24 Å². The molecule has 0 aromatic heterocycles. The lowest BCUT2D eigenvalue weighted by molar-refractivity contribution is 0.262. The number of aliphatic hydroxyl groups excluding tert-OH is 1. The third-order valence-corrected chi connectivity index (χ3v) is 17.6. The van der Waals surface area contributed by atoms with Gasteiger partial charge < -0.3 is 10.4 Å². The summed E-state index contributed by atoms with van der Waals surface area (Å²) in [6.45, 7) is 0. The summed E-state index contributed by atoms with van der Waals surface area (Å²) >= 11 is 18.3. The van der Waals surface area contributed by atoms with E-state index in [2.05, 4.69) is 15.3 Å². The van der Waals surface area contributed by atoms with Crippen molar-refractivity contribution in [1.29, 1.82) is 0 Å². The number of aliphatic imine (C=N–C) groups is 2. The van der Waals surface area contributed by atoms with Crippen LogP contribution in [0.15, 0.2) is 9.98 Å². The fraction of sp³-hybridized carbons (Fsp3) is 0.824. The Labute approximate surface area is 273 Å². The maximum Gasteiger partial charge on any atom is 0.280 e. The molecule has 0 aliphatic carbocycles. The van der Waals surface area contributed by atoms with E-state index in [4.69, 9.17) is 5.11 Å². The van der Waals surface area contributed by atoms with Gasteiger partial charge in [-0.05, 0) is 6.26 Å². The standard InChI is InChI=1S/C17H33N3O4S13/c1-25-2-18-5-37(24)16-34-13-32-11-31-12-33-14-35-17(22)20-4-27-9-30-10-29-8-26-3-19-6-36(23)15-28-7-21/h5-6,21H,2-4,7-16H2,1H3,(H,20,22)/b18-5-,19-6-. The minimum atomic E-state index is -1.11. The SMILES string of the molecule is CSC/N=C\S(=O)CSCSCSCSCSC(=O)NCSCSCSCSC/N=C\S(=O)CSCO. The number of hydrogen-bond donors (Lipinski definition) is 2. The van der Waals surface area contributed by atoms with Crippen molar-refractivity contribution in [2.45, 2.75) is 0 Å². The molecule has 0 spiro atoms. The molecule has 2 unspecified atom stereocenters. The van der Waals surface area contributed by atoms with Crippen LogP contribution >= 0.6 is 129 Å². The maximum atomic E-state index is 11.9. The van der Waals surface area contributed by atoms with Crippen LogP contribution in [0.2, 0.25) is 0 Å². The molecule has 0 bridgehead atoms. The van der Waals surface area contributed by atoms with E-state index in [1.807, 2.05) is 53.3 Å². The molecule has 2 N–H and O–H groups in total. The summed E-state index contributed by atoms with van der Waals surface area (Å²) in [5.41, 5.74) is 3.00. The van der Waals surface area contributed by atoms with Gasteiger partial charge in [0.2, 0.25) is 0 Å². The van der Waals surface area contributed by atoms with Gasteiger partial charge in [-0.15, -0.1) is 118 Å². The van der Waals surface area contributed by atoms with E-state index in [0.717, 1.165) is 35.6 Å². The molecule has 0 aliphatic rings. The first-order valence-electron chi connectivity index (χ1n) is 10.0. The largest absolute Gasteiger partial charge is 0.386 e. The molecule has 7 nitrogen and oxygen atoms in total. The Kier molecular flexibility index (Phi) is 36.1. The van der Waals surface area contributed by atoms with Gasteiger partial charge >= 0.3 is 0 Å². The molecule has 37 heavy (non-hydrogen) atoms. The van der Waals surface area contributed by atoms with Crippen LogP contribution < -0.4 is 5.32 Å². The zero-order valence-corrected chi connectivity index (χ0v) is 30.8. The highest BCUT2D eigenvalue weighted by atomic mass is 32.3. The van der Waals surface area contributed by atoms with E-state index in [-0.39, 0.29) is 11.2 Å². The maximum absolute atomic E-state index is 11.9. The molecular formula is C17H33N3O4S13. The van der Waals surface area contributed by atoms with Crippen molar-refractivity contribution in [2.24, 2.45) is 9.98 Å². The number of hydrogen-bond acceptors (Lipinski definition) is 17. The number of amides is 1. The molecule has 20 heteroatoms. The molecule has 0 heterocycles. The van der Waals surface area contributed by atoms with Gasteiger partial charge in [0.05, 0.1) is 66.4 Å². The van der Waals surface area contributed by atoms with E-state index in [9.17, 15) is 13.2 Å². The number of nitrogens with zero attached hydrogens (tertiary/aromatic N) is 2. The molecule has 0 saturated heterocycles. The highest BCUT2D eigenvalue weighted by molar-refractivity contribution is 8.30. The second-order valence-corrected chi connectivity index (χ2v) is 22.1. The zero-order valence-electron chi connectivity index (χ0n) is 20.2. The molecule has 0 saturated carbocycles. The predicted molar refractivity (Wildman–Crippen MR) is 197 cm³/mol. The van der Waals surface area contributed by atoms with Gasteiger partial charge in [0.15, 0.2) is 0 Å². The zero-order chi connectivity index (χ0) is 27.2. The van der Waals surface area contributed by atoms with Crippen molar-refractivity contribution in [3.05, 3.63) is 0 Å². The lowest BCUT2D eigenvalue weighted by atomic mass is 11.2. The lowest BCUT2D eigenvalue weighted by Gasteiger charge is -2.05. The van der Waals surface area contributed by atoms with Crippen molar-refractivity contribution in [3.8, 4) is 0 Å². The first kappa shape index (κ1) is 39.9. The van der Waals surface area contributed by atoms with E-state index in [1.165, 1.54) is 29.1 Å². The van der Waals surface area contributed by atoms with Crippen molar-refractivity contribution in [1.82, 2.24) is 5.32 Å². The fourth-order valence-electron chi connectivity index (χ4n) is 1.51. The van der Waals surface area contributed by atoms with Crippen LogP contribution in [-0.4, -0.2) is 105 Å². The number of carbonyl (C=O) groups excluding carboxylic acids is 1. The molecule has 1 amide bonds. The lowest BCUT2D eigenvalue weighted by Crippen LogP contribution is -2.17. The molecule has 0 aliphatic heterocycles. The van der Waals surface area contributed by atoms with Crippen LogP contribution in [0.3, 0.4) is 0 Å². The van der Waals surface area contributed by atoms with Crippen LogP contribution in [0.5, 0.6) is 0 Å². The van der Waals surface area contributed by atoms with Crippen molar-refractivity contribution >= 4 is 167 Å². The summed E-state index contributed by atoms with van der Waals surface area (Å²) in [5.74, 6) is 1.87. The van der Waals surface area contributed by atoms with Gasteiger partial charge in [-0.1, -0.05) is 11.8 Å². The van der Waals surface area contributed by atoms with Gasteiger partial charge in [-0.3, -0.25) is 23.2 Å². The Bertz CT molecular complexity index is 650. The number of rotatable bonds is 27. The molecule has 218 valence electrons. The highest BCUT2D eigenvalue weighted by Crippen LogP contribution is 2.24. The normalized spacial score (nSPS) is 13.5. The molecule has 0 radical (unpaired) electrons. The van der Waals surface area contributed by atoms with Gasteiger partial charge in [0, 0.05) is 35.6 Å². The van der Waals surface area contributed by atoms with Crippen molar-refractivity contribution < 1.29 is 18.3 Å². The summed E-state index contributed by atoms with van der Waals surface area (Å²) in [4.78, 5) is 20.1. The van der Waals surface area contributed by atoms with Crippen molar-refractivity contribution in [3.63, 3.8) is 0 Å². The van der Waals surface area contributed by atoms with Crippen LogP contribution in [0.1, 0.15) is 0 Å². The third-order valence-electron chi connectivity index (χ3n) is 2.84. The topological polar surface area (TPSA) is 108 Å². The predicted octanol–water partition coefficient (Wildman–Crippen LogP) is 6.38. The number of thioether (sulfide) groups is 11. The van der Waals surface area contributed by atoms with Crippen molar-refractivity contribution in [2.75, 3.05) is 75.6 Å². The van der Waals surface area contributed by atoms with E-state index in [0.29, 0.717) is 27.8 Å². The summed E-state index contributed by atoms with van der Waals surface area (Å²) in [6, 6.07) is 0. The summed E-state index contributed by atoms with van der Waals surface area (Å²) in [6.07, 6.45) is 1.97. The van der Waals surface area contributed by atoms with Crippen LogP contribution in [0, 0.1) is 0 Å². The first-order valence-corrected chi connectivity index (χ1v) is 25.6. The third kappa shape index (κ3) is 33.3.